The molecule has 0 saturated carbocycles. The molecule has 0 bridgehead atoms. The number of carbonyl (C=O) groups is 1. The van der Waals surface area contributed by atoms with Crippen molar-refractivity contribution in [2.24, 2.45) is 5.73 Å². The average molecular weight is 214 g/mol. The van der Waals surface area contributed by atoms with Gasteiger partial charge in [0.05, 0.1) is 19.3 Å². The van der Waals surface area contributed by atoms with E-state index < -0.39 is 5.54 Å². The number of carbonyl (C=O) groups excluding carboxylic acids is 1. The number of likely N-dealkylation sites (tertiary alicyclic amines) is 1. The Kier molecular flexibility index (Phi) is 2.95. The van der Waals surface area contributed by atoms with Crippen molar-refractivity contribution in [2.45, 2.75) is 30.8 Å². The third-order valence-electron chi connectivity index (χ3n) is 3.33. The van der Waals surface area contributed by atoms with Crippen LogP contribution in [-0.4, -0.2) is 53.9 Å². The Morgan fingerprint density at radius 1 is 1.67 bits per heavy atom. The van der Waals surface area contributed by atoms with Crippen LogP contribution in [0.4, 0.5) is 0 Å². The summed E-state index contributed by atoms with van der Waals surface area (Å²) in [6.07, 6.45) is 2.41. The van der Waals surface area contributed by atoms with Gasteiger partial charge in [-0.15, -0.1) is 0 Å². The summed E-state index contributed by atoms with van der Waals surface area (Å²) in [5, 5.41) is 9.15. The largest absolute Gasteiger partial charge is 0.394 e. The van der Waals surface area contributed by atoms with Crippen molar-refractivity contribution in [1.82, 2.24) is 4.90 Å². The van der Waals surface area contributed by atoms with Crippen LogP contribution in [0, 0.1) is 0 Å². The third-order valence-corrected chi connectivity index (χ3v) is 3.33. The van der Waals surface area contributed by atoms with E-state index in [0.717, 1.165) is 12.8 Å². The lowest BCUT2D eigenvalue weighted by Crippen LogP contribution is -2.57. The van der Waals surface area contributed by atoms with Gasteiger partial charge in [0.2, 0.25) is 5.91 Å². The van der Waals surface area contributed by atoms with E-state index in [1.807, 2.05) is 0 Å². The quantitative estimate of drug-likeness (QED) is 0.624. The lowest BCUT2D eigenvalue weighted by atomic mass is 9.98. The number of ether oxygens (including phenoxy) is 1. The maximum atomic E-state index is 12.1. The maximum absolute atomic E-state index is 12.1. The zero-order chi connectivity index (χ0) is 10.9. The van der Waals surface area contributed by atoms with E-state index >= 15 is 0 Å². The lowest BCUT2D eigenvalue weighted by Gasteiger charge is -2.31. The molecule has 2 rings (SSSR count). The predicted molar refractivity (Wildman–Crippen MR) is 54.2 cm³/mol. The summed E-state index contributed by atoms with van der Waals surface area (Å²) in [6, 6.07) is -0.0430. The number of aliphatic hydroxyl groups excluding tert-OH is 1. The zero-order valence-corrected chi connectivity index (χ0v) is 8.82. The molecule has 0 aliphatic carbocycles. The van der Waals surface area contributed by atoms with Crippen LogP contribution >= 0.6 is 0 Å². The fourth-order valence-corrected chi connectivity index (χ4v) is 2.33. The van der Waals surface area contributed by atoms with Crippen LogP contribution in [0.2, 0.25) is 0 Å². The molecule has 3 N–H and O–H groups in total. The summed E-state index contributed by atoms with van der Waals surface area (Å²) in [5.41, 5.74) is 5.15. The molecule has 2 unspecified atom stereocenters. The van der Waals surface area contributed by atoms with Crippen LogP contribution < -0.4 is 5.73 Å². The standard InChI is InChI=1S/C10H18N2O3/c11-10(3-5-15-7-10)9(14)12-4-1-2-8(12)6-13/h8,13H,1-7,11H2. The van der Waals surface area contributed by atoms with Gasteiger partial charge in [0, 0.05) is 13.2 Å². The molecular weight excluding hydrogens is 196 g/mol. The van der Waals surface area contributed by atoms with Crippen LogP contribution in [0.3, 0.4) is 0 Å². The molecule has 2 heterocycles. The van der Waals surface area contributed by atoms with Crippen LogP contribution in [0.1, 0.15) is 19.3 Å². The van der Waals surface area contributed by atoms with Crippen molar-refractivity contribution in [1.29, 1.82) is 0 Å². The molecule has 86 valence electrons. The molecule has 2 saturated heterocycles. The Morgan fingerprint density at radius 3 is 3.07 bits per heavy atom. The smallest absolute Gasteiger partial charge is 0.245 e. The molecule has 0 aromatic heterocycles. The first-order chi connectivity index (χ1) is 7.17. The molecule has 0 radical (unpaired) electrons. The second kappa shape index (κ2) is 4.08. The minimum Gasteiger partial charge on any atom is -0.394 e. The Bertz CT molecular complexity index is 251. The highest BCUT2D eigenvalue weighted by Crippen LogP contribution is 2.24. The average Bonchev–Trinajstić information content (AvgIpc) is 2.85. The number of nitrogens with two attached hydrogens (primary N) is 1. The van der Waals surface area contributed by atoms with Crippen molar-refractivity contribution in [3.8, 4) is 0 Å². The van der Waals surface area contributed by atoms with Gasteiger partial charge in [-0.05, 0) is 19.3 Å². The topological polar surface area (TPSA) is 75.8 Å². The van der Waals surface area contributed by atoms with Crippen molar-refractivity contribution in [3.05, 3.63) is 0 Å². The molecule has 5 heteroatoms. The summed E-state index contributed by atoms with van der Waals surface area (Å²) < 4.78 is 5.17. The Hall–Kier alpha value is -0.650. The summed E-state index contributed by atoms with van der Waals surface area (Å²) in [7, 11) is 0. The Labute approximate surface area is 89.2 Å². The first kappa shape index (κ1) is 10.9. The Balaban J connectivity index is 2.06. The molecule has 2 aliphatic rings. The lowest BCUT2D eigenvalue weighted by molar-refractivity contribution is -0.138. The monoisotopic (exact) mass is 214 g/mol. The van der Waals surface area contributed by atoms with Gasteiger partial charge in [0.25, 0.3) is 0 Å². The van der Waals surface area contributed by atoms with Gasteiger partial charge in [0.15, 0.2) is 0 Å². The van der Waals surface area contributed by atoms with Crippen LogP contribution in [0.15, 0.2) is 0 Å². The van der Waals surface area contributed by atoms with Gasteiger partial charge < -0.3 is 20.5 Å². The van der Waals surface area contributed by atoms with Crippen molar-refractivity contribution in [3.63, 3.8) is 0 Å². The van der Waals surface area contributed by atoms with E-state index in [0.29, 0.717) is 26.2 Å². The maximum Gasteiger partial charge on any atom is 0.245 e. The van der Waals surface area contributed by atoms with Crippen molar-refractivity contribution < 1.29 is 14.6 Å². The summed E-state index contributed by atoms with van der Waals surface area (Å²) >= 11 is 0. The molecule has 5 nitrogen and oxygen atoms in total. The van der Waals surface area contributed by atoms with Crippen LogP contribution in [-0.2, 0) is 9.53 Å². The van der Waals surface area contributed by atoms with Gasteiger partial charge in [-0.3, -0.25) is 4.79 Å². The van der Waals surface area contributed by atoms with Crippen LogP contribution in [0.25, 0.3) is 0 Å². The number of aliphatic hydroxyl groups is 1. The summed E-state index contributed by atoms with van der Waals surface area (Å²) in [4.78, 5) is 13.9. The van der Waals surface area contributed by atoms with E-state index in [9.17, 15) is 4.79 Å². The molecule has 0 aromatic rings. The predicted octanol–water partition coefficient (Wildman–Crippen LogP) is -0.913. The van der Waals surface area contributed by atoms with Gasteiger partial charge in [-0.25, -0.2) is 0 Å². The number of nitrogens with zero attached hydrogens (tertiary/aromatic N) is 1. The molecular formula is C10H18N2O3. The van der Waals surface area contributed by atoms with E-state index in [2.05, 4.69) is 0 Å². The van der Waals surface area contributed by atoms with E-state index in [-0.39, 0.29) is 18.6 Å². The number of rotatable bonds is 2. The van der Waals surface area contributed by atoms with E-state index in [1.54, 1.807) is 4.90 Å². The minimum absolute atomic E-state index is 0.0304. The van der Waals surface area contributed by atoms with Gasteiger partial charge >= 0.3 is 0 Å². The number of hydrogen-bond donors (Lipinski definition) is 2. The molecule has 2 aliphatic heterocycles. The fourth-order valence-electron chi connectivity index (χ4n) is 2.33. The van der Waals surface area contributed by atoms with Gasteiger partial charge in [-0.1, -0.05) is 0 Å². The fraction of sp³-hybridized carbons (Fsp3) is 0.900. The van der Waals surface area contributed by atoms with E-state index in [1.165, 1.54) is 0 Å². The number of hydrogen-bond acceptors (Lipinski definition) is 4. The second-order valence-electron chi connectivity index (χ2n) is 4.44. The minimum atomic E-state index is -0.849. The molecule has 0 spiro atoms. The van der Waals surface area contributed by atoms with Gasteiger partial charge in [-0.2, -0.15) is 0 Å². The molecule has 2 atom stereocenters. The van der Waals surface area contributed by atoms with Crippen molar-refractivity contribution >= 4 is 5.91 Å². The molecule has 0 aromatic carbocycles. The highest BCUT2D eigenvalue weighted by Gasteiger charge is 2.43. The highest BCUT2D eigenvalue weighted by molar-refractivity contribution is 5.87. The molecule has 15 heavy (non-hydrogen) atoms. The van der Waals surface area contributed by atoms with Crippen LogP contribution in [0.5, 0.6) is 0 Å². The van der Waals surface area contributed by atoms with E-state index in [4.69, 9.17) is 15.6 Å². The Morgan fingerprint density at radius 2 is 2.47 bits per heavy atom. The molecule has 1 amide bonds. The SMILES string of the molecule is NC1(C(=O)N2CCCC2CO)CCOC1. The summed E-state index contributed by atoms with van der Waals surface area (Å²) in [6.45, 7) is 1.60. The second-order valence-corrected chi connectivity index (χ2v) is 4.44. The first-order valence-electron chi connectivity index (χ1n) is 5.46. The first-order valence-corrected chi connectivity index (χ1v) is 5.46. The normalized spacial score (nSPS) is 36.1. The molecule has 2 fully saturated rings. The zero-order valence-electron chi connectivity index (χ0n) is 8.82. The third kappa shape index (κ3) is 1.87. The highest BCUT2D eigenvalue weighted by atomic mass is 16.5. The summed E-state index contributed by atoms with van der Waals surface area (Å²) in [5.74, 6) is -0.0587. The van der Waals surface area contributed by atoms with Gasteiger partial charge in [0.1, 0.15) is 5.54 Å². The number of amides is 1. The van der Waals surface area contributed by atoms with Crippen molar-refractivity contribution in [2.75, 3.05) is 26.4 Å².